The van der Waals surface area contributed by atoms with Crippen molar-refractivity contribution >= 4 is 32.2 Å². The number of benzene rings is 1. The fraction of sp³-hybridized carbons (Fsp3) is 0.385. The molecule has 0 unspecified atom stereocenters. The zero-order valence-electron chi connectivity index (χ0n) is 11.9. The Bertz CT molecular complexity index is 693. The predicted molar refractivity (Wildman–Crippen MR) is 85.6 cm³/mol. The van der Waals surface area contributed by atoms with Crippen molar-refractivity contribution in [3.8, 4) is 0 Å². The van der Waals surface area contributed by atoms with E-state index < -0.39 is 10.0 Å². The van der Waals surface area contributed by atoms with Crippen LogP contribution >= 0.6 is 11.3 Å². The van der Waals surface area contributed by atoms with Crippen LogP contribution < -0.4 is 10.5 Å². The molecule has 8 heteroatoms. The van der Waals surface area contributed by atoms with E-state index in [1.165, 1.54) is 11.3 Å². The molecule has 1 aromatic heterocycles. The normalized spacial score (nSPS) is 11.8. The molecule has 0 amide bonds. The van der Waals surface area contributed by atoms with Gasteiger partial charge in [0, 0.05) is 12.1 Å². The molecule has 0 aliphatic rings. The number of rotatable bonds is 6. The topological polar surface area (TPSA) is 98.0 Å². The summed E-state index contributed by atoms with van der Waals surface area (Å²) in [7, 11) is -3.50. The Morgan fingerprint density at radius 1 is 1.24 bits per heavy atom. The molecule has 2 aromatic rings. The van der Waals surface area contributed by atoms with E-state index in [4.69, 9.17) is 5.73 Å². The molecule has 2 rings (SSSR count). The first-order valence-electron chi connectivity index (χ1n) is 6.51. The standard InChI is InChI=1S/C13H18N4O2S2/c1-9(2)7-12-15-16-13(20-12)17-21(18,19)8-10-3-5-11(14)6-4-10/h3-6,9H,7-8,14H2,1-2H3,(H,16,17). The minimum absolute atomic E-state index is 0.119. The third-order valence-electron chi connectivity index (χ3n) is 2.63. The van der Waals surface area contributed by atoms with Gasteiger partial charge in [-0.05, 0) is 23.6 Å². The van der Waals surface area contributed by atoms with Gasteiger partial charge < -0.3 is 5.73 Å². The fourth-order valence-electron chi connectivity index (χ4n) is 1.73. The lowest BCUT2D eigenvalue weighted by atomic mass is 10.1. The average molecular weight is 326 g/mol. The summed E-state index contributed by atoms with van der Waals surface area (Å²) in [6, 6.07) is 6.74. The number of nitrogen functional groups attached to an aromatic ring is 1. The molecule has 0 saturated carbocycles. The quantitative estimate of drug-likeness (QED) is 0.793. The van der Waals surface area contributed by atoms with Gasteiger partial charge in [-0.2, -0.15) is 0 Å². The van der Waals surface area contributed by atoms with Gasteiger partial charge in [-0.1, -0.05) is 37.3 Å². The number of sulfonamides is 1. The lowest BCUT2D eigenvalue weighted by molar-refractivity contribution is 0.600. The highest BCUT2D eigenvalue weighted by molar-refractivity contribution is 7.92. The first-order valence-corrected chi connectivity index (χ1v) is 8.98. The van der Waals surface area contributed by atoms with Crippen LogP contribution in [0.1, 0.15) is 24.4 Å². The van der Waals surface area contributed by atoms with Gasteiger partial charge in [-0.25, -0.2) is 8.42 Å². The van der Waals surface area contributed by atoms with Gasteiger partial charge in [0.2, 0.25) is 15.2 Å². The lowest BCUT2D eigenvalue weighted by Gasteiger charge is -2.05. The van der Waals surface area contributed by atoms with Crippen LogP contribution in [-0.2, 0) is 22.2 Å². The third-order valence-corrected chi connectivity index (χ3v) is 4.84. The van der Waals surface area contributed by atoms with Crippen molar-refractivity contribution in [2.75, 3.05) is 10.5 Å². The number of nitrogens with two attached hydrogens (primary N) is 1. The number of hydrogen-bond acceptors (Lipinski definition) is 6. The lowest BCUT2D eigenvalue weighted by Crippen LogP contribution is -2.14. The maximum absolute atomic E-state index is 12.1. The SMILES string of the molecule is CC(C)Cc1nnc(NS(=O)(=O)Cc2ccc(N)cc2)s1. The van der Waals surface area contributed by atoms with E-state index in [0.29, 0.717) is 22.3 Å². The Hall–Kier alpha value is -1.67. The average Bonchev–Trinajstić information content (AvgIpc) is 2.77. The molecule has 3 N–H and O–H groups in total. The number of anilines is 2. The van der Waals surface area contributed by atoms with Crippen molar-refractivity contribution in [1.29, 1.82) is 0 Å². The van der Waals surface area contributed by atoms with Crippen LogP contribution in [0.15, 0.2) is 24.3 Å². The summed E-state index contributed by atoms with van der Waals surface area (Å²) < 4.78 is 26.6. The summed E-state index contributed by atoms with van der Waals surface area (Å²) in [5.74, 6) is 0.337. The summed E-state index contributed by atoms with van der Waals surface area (Å²) in [5, 5.41) is 8.99. The van der Waals surface area contributed by atoms with Crippen molar-refractivity contribution in [1.82, 2.24) is 10.2 Å². The second-order valence-corrected chi connectivity index (χ2v) is 7.99. The summed E-state index contributed by atoms with van der Waals surface area (Å²) in [5.41, 5.74) is 6.85. The first kappa shape index (κ1) is 15.7. The van der Waals surface area contributed by atoms with Crippen LogP contribution in [-0.4, -0.2) is 18.6 Å². The highest BCUT2D eigenvalue weighted by Gasteiger charge is 2.15. The summed E-state index contributed by atoms with van der Waals surface area (Å²) in [4.78, 5) is 0. The largest absolute Gasteiger partial charge is 0.399 e. The molecule has 0 spiro atoms. The second-order valence-electron chi connectivity index (χ2n) is 5.20. The molecule has 0 fully saturated rings. The minimum Gasteiger partial charge on any atom is -0.399 e. The van der Waals surface area contributed by atoms with E-state index in [1.807, 2.05) is 0 Å². The van der Waals surface area contributed by atoms with Crippen molar-refractivity contribution in [3.63, 3.8) is 0 Å². The highest BCUT2D eigenvalue weighted by atomic mass is 32.2. The van der Waals surface area contributed by atoms with E-state index in [-0.39, 0.29) is 5.75 Å². The summed E-state index contributed by atoms with van der Waals surface area (Å²) in [6.45, 7) is 4.15. The summed E-state index contributed by atoms with van der Waals surface area (Å²) in [6.07, 6.45) is 0.789. The van der Waals surface area contributed by atoms with E-state index >= 15 is 0 Å². The fourth-order valence-corrected chi connectivity index (χ4v) is 4.09. The molecule has 6 nitrogen and oxygen atoms in total. The highest BCUT2D eigenvalue weighted by Crippen LogP contribution is 2.20. The van der Waals surface area contributed by atoms with E-state index in [0.717, 1.165) is 11.4 Å². The maximum Gasteiger partial charge on any atom is 0.238 e. The van der Waals surface area contributed by atoms with E-state index in [1.54, 1.807) is 24.3 Å². The monoisotopic (exact) mass is 326 g/mol. The smallest absolute Gasteiger partial charge is 0.238 e. The van der Waals surface area contributed by atoms with E-state index in [9.17, 15) is 8.42 Å². The van der Waals surface area contributed by atoms with Crippen molar-refractivity contribution in [2.24, 2.45) is 5.92 Å². The molecule has 0 radical (unpaired) electrons. The van der Waals surface area contributed by atoms with Crippen LogP contribution in [0.4, 0.5) is 10.8 Å². The van der Waals surface area contributed by atoms with Gasteiger partial charge in [-0.15, -0.1) is 10.2 Å². The zero-order chi connectivity index (χ0) is 15.5. The Morgan fingerprint density at radius 2 is 1.90 bits per heavy atom. The Balaban J connectivity index is 2.03. The molecular formula is C13H18N4O2S2. The van der Waals surface area contributed by atoms with Crippen molar-refractivity contribution in [3.05, 3.63) is 34.8 Å². The molecule has 0 bridgehead atoms. The molecule has 0 aliphatic heterocycles. The Labute approximate surface area is 128 Å². The summed E-state index contributed by atoms with van der Waals surface area (Å²) >= 11 is 1.27. The molecule has 21 heavy (non-hydrogen) atoms. The first-order chi connectivity index (χ1) is 9.84. The Kier molecular flexibility index (Phi) is 4.79. The van der Waals surface area contributed by atoms with Crippen LogP contribution in [0.3, 0.4) is 0 Å². The van der Waals surface area contributed by atoms with Crippen LogP contribution in [0.25, 0.3) is 0 Å². The van der Waals surface area contributed by atoms with Gasteiger partial charge in [0.1, 0.15) is 5.01 Å². The predicted octanol–water partition coefficient (Wildman–Crippen LogP) is 2.26. The molecule has 1 heterocycles. The maximum atomic E-state index is 12.1. The molecule has 1 aromatic carbocycles. The van der Waals surface area contributed by atoms with Gasteiger partial charge in [0.15, 0.2) is 0 Å². The number of hydrogen-bond donors (Lipinski definition) is 2. The minimum atomic E-state index is -3.50. The zero-order valence-corrected chi connectivity index (χ0v) is 13.5. The van der Waals surface area contributed by atoms with E-state index in [2.05, 4.69) is 28.8 Å². The number of aromatic nitrogens is 2. The van der Waals surface area contributed by atoms with Crippen LogP contribution in [0.5, 0.6) is 0 Å². The number of nitrogens with zero attached hydrogens (tertiary/aromatic N) is 2. The van der Waals surface area contributed by atoms with Crippen LogP contribution in [0, 0.1) is 5.92 Å². The second kappa shape index (κ2) is 6.40. The third kappa shape index (κ3) is 4.98. The molecule has 114 valence electrons. The molecule has 0 aliphatic carbocycles. The molecule has 0 saturated heterocycles. The Morgan fingerprint density at radius 3 is 2.52 bits per heavy atom. The molecular weight excluding hydrogens is 308 g/mol. The van der Waals surface area contributed by atoms with Crippen molar-refractivity contribution in [2.45, 2.75) is 26.0 Å². The van der Waals surface area contributed by atoms with Gasteiger partial charge in [0.05, 0.1) is 5.75 Å². The van der Waals surface area contributed by atoms with Crippen LogP contribution in [0.2, 0.25) is 0 Å². The van der Waals surface area contributed by atoms with Gasteiger partial charge in [0.25, 0.3) is 0 Å². The van der Waals surface area contributed by atoms with Crippen molar-refractivity contribution < 1.29 is 8.42 Å². The number of nitrogens with one attached hydrogen (secondary N) is 1. The van der Waals surface area contributed by atoms with Gasteiger partial charge >= 0.3 is 0 Å². The van der Waals surface area contributed by atoms with Gasteiger partial charge in [-0.3, -0.25) is 4.72 Å². The molecule has 0 atom stereocenters.